The van der Waals surface area contributed by atoms with Gasteiger partial charge in [0.15, 0.2) is 11.4 Å². The number of fused-ring (bicyclic) bond motifs is 1. The van der Waals surface area contributed by atoms with Crippen molar-refractivity contribution in [3.8, 4) is 0 Å². The summed E-state index contributed by atoms with van der Waals surface area (Å²) in [5.41, 5.74) is 1.69. The minimum Gasteiger partial charge on any atom is -0.466 e. The number of Topliss-reactive ketones (excluding diaryl/α,β-unsaturated/α-hetero) is 1. The summed E-state index contributed by atoms with van der Waals surface area (Å²) >= 11 is 0. The van der Waals surface area contributed by atoms with Gasteiger partial charge in [-0.1, -0.05) is 5.57 Å². The molecule has 4 bridgehead atoms. The molecular formula is C15H18O4. The van der Waals surface area contributed by atoms with Crippen molar-refractivity contribution in [3.63, 3.8) is 0 Å². The minimum absolute atomic E-state index is 0.0927. The monoisotopic (exact) mass is 262 g/mol. The Morgan fingerprint density at radius 3 is 3.00 bits per heavy atom. The van der Waals surface area contributed by atoms with Crippen LogP contribution in [0.15, 0.2) is 11.1 Å². The quantitative estimate of drug-likeness (QED) is 0.560. The van der Waals surface area contributed by atoms with Gasteiger partial charge in [0.1, 0.15) is 0 Å². The molecule has 0 unspecified atom stereocenters. The molecule has 0 amide bonds. The Bertz CT molecular complexity index is 500. The van der Waals surface area contributed by atoms with Crippen LogP contribution in [0.3, 0.4) is 0 Å². The fourth-order valence-corrected chi connectivity index (χ4v) is 4.45. The lowest BCUT2D eigenvalue weighted by Gasteiger charge is -2.36. The van der Waals surface area contributed by atoms with Gasteiger partial charge in [-0.25, -0.2) is 0 Å². The summed E-state index contributed by atoms with van der Waals surface area (Å²) in [5, 5.41) is 0. The van der Waals surface area contributed by atoms with Gasteiger partial charge in [0.2, 0.25) is 0 Å². The summed E-state index contributed by atoms with van der Waals surface area (Å²) in [6.07, 6.45) is 3.78. The standard InChI is InChI=1S/C15H18O4/c1-2-18-14(17)10-6-11-9-5-3-4-8(10)12(9)13(16)15(11)7-19-15/h8,10-11H,2-7H2,1H3/t8-,10-,11-,15-/m0/s1. The van der Waals surface area contributed by atoms with Gasteiger partial charge in [0.25, 0.3) is 0 Å². The fourth-order valence-electron chi connectivity index (χ4n) is 4.45. The van der Waals surface area contributed by atoms with E-state index in [4.69, 9.17) is 9.47 Å². The lowest BCUT2D eigenvalue weighted by Crippen LogP contribution is -2.35. The maximum Gasteiger partial charge on any atom is 0.309 e. The highest BCUT2D eigenvalue weighted by Crippen LogP contribution is 2.61. The zero-order valence-electron chi connectivity index (χ0n) is 11.1. The third kappa shape index (κ3) is 1.33. The molecule has 4 heteroatoms. The first-order valence-electron chi connectivity index (χ1n) is 7.27. The number of epoxide rings is 1. The summed E-state index contributed by atoms with van der Waals surface area (Å²) in [7, 11) is 0. The average Bonchev–Trinajstić information content (AvgIpc) is 3.16. The molecule has 1 fully saturated rings. The largest absolute Gasteiger partial charge is 0.466 e. The van der Waals surface area contributed by atoms with E-state index in [1.165, 1.54) is 5.57 Å². The lowest BCUT2D eigenvalue weighted by atomic mass is 9.67. The Hall–Kier alpha value is -1.16. The molecule has 0 N–H and O–H groups in total. The summed E-state index contributed by atoms with van der Waals surface area (Å²) in [5.74, 6) is 0.179. The first-order valence-corrected chi connectivity index (χ1v) is 7.27. The molecule has 4 aliphatic rings. The molecule has 4 rings (SSSR count). The molecule has 0 saturated carbocycles. The number of esters is 1. The summed E-state index contributed by atoms with van der Waals surface area (Å²) < 4.78 is 10.7. The van der Waals surface area contributed by atoms with Crippen LogP contribution in [0.2, 0.25) is 0 Å². The second kappa shape index (κ2) is 3.69. The molecule has 4 nitrogen and oxygen atoms in total. The van der Waals surface area contributed by atoms with Crippen LogP contribution >= 0.6 is 0 Å². The van der Waals surface area contributed by atoms with Crippen molar-refractivity contribution in [2.45, 2.75) is 38.2 Å². The Kier molecular flexibility index (Phi) is 2.26. The Morgan fingerprint density at radius 2 is 2.32 bits per heavy atom. The van der Waals surface area contributed by atoms with E-state index in [0.717, 1.165) is 31.3 Å². The molecule has 1 aliphatic heterocycles. The van der Waals surface area contributed by atoms with E-state index >= 15 is 0 Å². The molecule has 1 heterocycles. The highest BCUT2D eigenvalue weighted by atomic mass is 16.6. The van der Waals surface area contributed by atoms with Gasteiger partial charge in [0.05, 0.1) is 19.1 Å². The van der Waals surface area contributed by atoms with Crippen LogP contribution < -0.4 is 0 Å². The van der Waals surface area contributed by atoms with Gasteiger partial charge < -0.3 is 9.47 Å². The number of rotatable bonds is 2. The molecule has 3 aliphatic carbocycles. The van der Waals surface area contributed by atoms with Gasteiger partial charge in [-0.15, -0.1) is 0 Å². The van der Waals surface area contributed by atoms with Crippen molar-refractivity contribution in [2.24, 2.45) is 17.8 Å². The van der Waals surface area contributed by atoms with Crippen LogP contribution in [0.5, 0.6) is 0 Å². The van der Waals surface area contributed by atoms with Gasteiger partial charge in [-0.05, 0) is 32.6 Å². The molecule has 0 aromatic carbocycles. The molecule has 0 aromatic rings. The Labute approximate surface area is 112 Å². The second-order valence-electron chi connectivity index (χ2n) is 6.09. The number of ether oxygens (including phenoxy) is 2. The molecule has 0 radical (unpaired) electrons. The predicted molar refractivity (Wildman–Crippen MR) is 66.3 cm³/mol. The average molecular weight is 262 g/mol. The van der Waals surface area contributed by atoms with Crippen molar-refractivity contribution < 1.29 is 19.1 Å². The molecule has 102 valence electrons. The second-order valence-corrected chi connectivity index (χ2v) is 6.09. The smallest absolute Gasteiger partial charge is 0.309 e. The molecule has 0 aromatic heterocycles. The normalized spacial score (nSPS) is 42.8. The maximum atomic E-state index is 12.6. The van der Waals surface area contributed by atoms with Crippen molar-refractivity contribution in [2.75, 3.05) is 13.2 Å². The minimum atomic E-state index is -0.561. The first kappa shape index (κ1) is 11.6. The number of carbonyl (C=O) groups is 2. The van der Waals surface area contributed by atoms with Gasteiger partial charge in [0, 0.05) is 17.4 Å². The van der Waals surface area contributed by atoms with Gasteiger partial charge >= 0.3 is 5.97 Å². The van der Waals surface area contributed by atoms with Crippen LogP contribution in [0.25, 0.3) is 0 Å². The highest BCUT2D eigenvalue weighted by molar-refractivity contribution is 6.09. The summed E-state index contributed by atoms with van der Waals surface area (Å²) in [6, 6.07) is 0. The van der Waals surface area contributed by atoms with E-state index in [0.29, 0.717) is 13.2 Å². The SMILES string of the molecule is CCOC(=O)[C@H]1C[C@H]2C3=C(C(=O)[C@]24CO4)[C@H]1CCC3. The topological polar surface area (TPSA) is 55.9 Å². The molecule has 4 atom stereocenters. The van der Waals surface area contributed by atoms with Gasteiger partial charge in [-0.3, -0.25) is 9.59 Å². The molecule has 1 saturated heterocycles. The van der Waals surface area contributed by atoms with Crippen molar-refractivity contribution in [1.82, 2.24) is 0 Å². The van der Waals surface area contributed by atoms with Crippen LogP contribution in [0.1, 0.15) is 32.6 Å². The number of carbonyl (C=O) groups excluding carboxylic acids is 2. The lowest BCUT2D eigenvalue weighted by molar-refractivity contribution is -0.150. The first-order chi connectivity index (χ1) is 9.19. The summed E-state index contributed by atoms with van der Waals surface area (Å²) in [4.78, 5) is 24.7. The highest BCUT2D eigenvalue weighted by Gasteiger charge is 2.68. The van der Waals surface area contributed by atoms with Crippen LogP contribution in [-0.4, -0.2) is 30.6 Å². The van der Waals surface area contributed by atoms with E-state index in [1.54, 1.807) is 0 Å². The molecular weight excluding hydrogens is 244 g/mol. The van der Waals surface area contributed by atoms with Gasteiger partial charge in [-0.2, -0.15) is 0 Å². The number of hydrogen-bond acceptors (Lipinski definition) is 4. The zero-order chi connectivity index (χ0) is 13.2. The summed E-state index contributed by atoms with van der Waals surface area (Å²) in [6.45, 7) is 2.79. The van der Waals surface area contributed by atoms with Crippen LogP contribution in [0.4, 0.5) is 0 Å². The molecule has 19 heavy (non-hydrogen) atoms. The fraction of sp³-hybridized carbons (Fsp3) is 0.733. The zero-order valence-corrected chi connectivity index (χ0v) is 11.1. The predicted octanol–water partition coefficient (Wildman–Crippen LogP) is 1.63. The van der Waals surface area contributed by atoms with Crippen molar-refractivity contribution in [3.05, 3.63) is 11.1 Å². The van der Waals surface area contributed by atoms with Crippen LogP contribution in [-0.2, 0) is 19.1 Å². The third-order valence-electron chi connectivity index (χ3n) is 5.31. The van der Waals surface area contributed by atoms with E-state index in [-0.39, 0.29) is 29.5 Å². The van der Waals surface area contributed by atoms with Crippen molar-refractivity contribution in [1.29, 1.82) is 0 Å². The number of ketones is 1. The van der Waals surface area contributed by atoms with E-state index < -0.39 is 5.60 Å². The van der Waals surface area contributed by atoms with E-state index in [2.05, 4.69) is 0 Å². The Balaban J connectivity index is 1.74. The Morgan fingerprint density at radius 1 is 1.53 bits per heavy atom. The number of hydrogen-bond donors (Lipinski definition) is 0. The van der Waals surface area contributed by atoms with E-state index in [1.807, 2.05) is 6.92 Å². The van der Waals surface area contributed by atoms with Crippen LogP contribution in [0, 0.1) is 17.8 Å². The van der Waals surface area contributed by atoms with E-state index in [9.17, 15) is 9.59 Å². The van der Waals surface area contributed by atoms with Crippen molar-refractivity contribution >= 4 is 11.8 Å². The maximum absolute atomic E-state index is 12.6. The molecule has 1 spiro atoms. The third-order valence-corrected chi connectivity index (χ3v) is 5.31.